The summed E-state index contributed by atoms with van der Waals surface area (Å²) in [7, 11) is -4.00. The van der Waals surface area contributed by atoms with Crippen molar-refractivity contribution in [2.45, 2.75) is 15.7 Å². The number of para-hydroxylation sites is 1. The van der Waals surface area contributed by atoms with Crippen molar-refractivity contribution in [2.75, 3.05) is 4.72 Å². The first-order valence-electron chi connectivity index (χ1n) is 8.44. The Morgan fingerprint density at radius 1 is 1.20 bits per heavy atom. The number of fused-ring (bicyclic) bond motifs is 1. The second kappa shape index (κ2) is 8.01. The molecule has 2 heterocycles. The van der Waals surface area contributed by atoms with Gasteiger partial charge in [0.25, 0.3) is 10.0 Å². The van der Waals surface area contributed by atoms with Crippen LogP contribution < -0.4 is 4.72 Å². The van der Waals surface area contributed by atoms with E-state index in [0.29, 0.717) is 26.6 Å². The van der Waals surface area contributed by atoms with Crippen LogP contribution in [0.4, 0.5) is 11.5 Å². The van der Waals surface area contributed by atoms with Crippen LogP contribution in [0.5, 0.6) is 0 Å². The lowest BCUT2D eigenvalue weighted by molar-refractivity contribution is -0.389. The normalized spacial score (nSPS) is 11.6. The van der Waals surface area contributed by atoms with Crippen molar-refractivity contribution in [1.82, 2.24) is 10.2 Å². The molecule has 0 aliphatic carbocycles. The Morgan fingerprint density at radius 2 is 2.00 bits per heavy atom. The quantitative estimate of drug-likeness (QED) is 0.228. The highest BCUT2D eigenvalue weighted by atomic mass is 35.5. The van der Waals surface area contributed by atoms with Gasteiger partial charge in [-0.1, -0.05) is 34.9 Å². The molecule has 4 aromatic rings. The predicted octanol–water partition coefficient (Wildman–Crippen LogP) is 4.81. The van der Waals surface area contributed by atoms with E-state index in [2.05, 4.69) is 14.9 Å². The highest BCUT2D eigenvalue weighted by molar-refractivity contribution is 7.98. The molecule has 0 amide bonds. The number of nitro groups is 1. The van der Waals surface area contributed by atoms with Crippen LogP contribution in [0.2, 0.25) is 5.02 Å². The highest BCUT2D eigenvalue weighted by Crippen LogP contribution is 2.34. The van der Waals surface area contributed by atoms with Crippen molar-refractivity contribution in [3.8, 4) is 0 Å². The van der Waals surface area contributed by atoms with Gasteiger partial charge in [0.05, 0.1) is 11.8 Å². The van der Waals surface area contributed by atoms with Crippen molar-refractivity contribution in [2.24, 2.45) is 0 Å². The second-order valence-electron chi connectivity index (χ2n) is 6.14. The third-order valence-corrected chi connectivity index (χ3v) is 6.61. The van der Waals surface area contributed by atoms with Gasteiger partial charge in [-0.2, -0.15) is 8.42 Å². The molecule has 0 saturated heterocycles. The van der Waals surface area contributed by atoms with Crippen LogP contribution in [0.25, 0.3) is 11.0 Å². The second-order valence-corrected chi connectivity index (χ2v) is 9.21. The third kappa shape index (κ3) is 4.27. The Balaban J connectivity index is 1.58. The van der Waals surface area contributed by atoms with Gasteiger partial charge in [-0.15, -0.1) is 16.9 Å². The molecule has 0 unspecified atom stereocenters. The summed E-state index contributed by atoms with van der Waals surface area (Å²) in [4.78, 5) is 10.8. The number of aromatic amines is 1. The topological polar surface area (TPSA) is 131 Å². The Bertz CT molecular complexity index is 1320. The molecule has 4 rings (SSSR count). The summed E-state index contributed by atoms with van der Waals surface area (Å²) >= 11 is 7.30. The van der Waals surface area contributed by atoms with E-state index in [1.54, 1.807) is 36.4 Å². The lowest BCUT2D eigenvalue weighted by Gasteiger charge is -2.11. The maximum atomic E-state index is 12.8. The van der Waals surface area contributed by atoms with Crippen LogP contribution in [-0.2, 0) is 15.8 Å². The van der Waals surface area contributed by atoms with Gasteiger partial charge in [-0.3, -0.25) is 4.72 Å². The van der Waals surface area contributed by atoms with Gasteiger partial charge in [0.1, 0.15) is 11.3 Å². The molecular weight excluding hydrogens is 452 g/mol. The lowest BCUT2D eigenvalue weighted by atomic mass is 10.3. The van der Waals surface area contributed by atoms with Crippen LogP contribution in [-0.4, -0.2) is 23.5 Å². The number of halogens is 1. The largest absolute Gasteiger partial charge is 0.443 e. The van der Waals surface area contributed by atoms with Crippen LogP contribution in [0.15, 0.2) is 69.0 Å². The minimum absolute atomic E-state index is 0.215. The summed E-state index contributed by atoms with van der Waals surface area (Å²) in [6.45, 7) is 0. The van der Waals surface area contributed by atoms with Gasteiger partial charge >= 0.3 is 5.82 Å². The van der Waals surface area contributed by atoms with E-state index in [-0.39, 0.29) is 22.4 Å². The van der Waals surface area contributed by atoms with E-state index in [1.807, 2.05) is 0 Å². The van der Waals surface area contributed by atoms with E-state index in [9.17, 15) is 18.5 Å². The van der Waals surface area contributed by atoms with Crippen LogP contribution in [0.3, 0.4) is 0 Å². The molecule has 2 N–H and O–H groups in total. The summed E-state index contributed by atoms with van der Waals surface area (Å²) in [5.74, 6) is 0.0678. The predicted molar refractivity (Wildman–Crippen MR) is 113 cm³/mol. The lowest BCUT2D eigenvalue weighted by Crippen LogP contribution is -2.12. The number of hydrogen-bond donors (Lipinski definition) is 2. The number of sulfonamides is 1. The number of H-pyrrole nitrogens is 1. The first-order valence-corrected chi connectivity index (χ1v) is 11.3. The summed E-state index contributed by atoms with van der Waals surface area (Å²) in [5, 5.41) is 17.8. The number of benzene rings is 2. The van der Waals surface area contributed by atoms with Gasteiger partial charge in [0.15, 0.2) is 0 Å². The summed E-state index contributed by atoms with van der Waals surface area (Å²) in [6.07, 6.45) is 0. The smallest absolute Gasteiger partial charge is 0.342 e. The Labute approximate surface area is 179 Å². The molecule has 154 valence electrons. The first kappa shape index (κ1) is 20.3. The zero-order chi connectivity index (χ0) is 21.3. The van der Waals surface area contributed by atoms with Crippen LogP contribution >= 0.6 is 23.4 Å². The standard InChI is InChI=1S/C18H13ClN4O5S2/c19-12-5-6-16(29-10-13-9-17(21-20-13)23(24)25)14(8-12)22-30(26,27)18-7-11-3-1-2-4-15(11)28-18/h1-9,22H,10H2,(H,20,21). The Kier molecular flexibility index (Phi) is 5.41. The zero-order valence-corrected chi connectivity index (χ0v) is 17.4. The fourth-order valence-electron chi connectivity index (χ4n) is 2.66. The molecule has 0 spiro atoms. The van der Waals surface area contributed by atoms with Gasteiger partial charge in [0, 0.05) is 27.1 Å². The number of hydrogen-bond acceptors (Lipinski definition) is 7. The van der Waals surface area contributed by atoms with Crippen molar-refractivity contribution in [3.63, 3.8) is 0 Å². The fraction of sp³-hybridized carbons (Fsp3) is 0.0556. The Hall–Kier alpha value is -3.02. The molecule has 0 radical (unpaired) electrons. The highest BCUT2D eigenvalue weighted by Gasteiger charge is 2.21. The van der Waals surface area contributed by atoms with Gasteiger partial charge < -0.3 is 14.5 Å². The molecular formula is C18H13ClN4O5S2. The summed E-state index contributed by atoms with van der Waals surface area (Å²) in [5.41, 5.74) is 1.17. The van der Waals surface area contributed by atoms with Crippen molar-refractivity contribution in [1.29, 1.82) is 0 Å². The van der Waals surface area contributed by atoms with E-state index >= 15 is 0 Å². The minimum atomic E-state index is -4.00. The van der Waals surface area contributed by atoms with E-state index < -0.39 is 14.9 Å². The number of furan rings is 1. The first-order chi connectivity index (χ1) is 14.3. The van der Waals surface area contributed by atoms with Crippen LogP contribution in [0, 0.1) is 10.1 Å². The molecule has 0 bridgehead atoms. The average Bonchev–Trinajstić information content (AvgIpc) is 3.34. The number of nitrogens with one attached hydrogen (secondary N) is 2. The van der Waals surface area contributed by atoms with Gasteiger partial charge in [-0.05, 0) is 29.2 Å². The molecule has 2 aromatic heterocycles. The fourth-order valence-corrected chi connectivity index (χ4v) is 4.82. The number of thioether (sulfide) groups is 1. The summed E-state index contributed by atoms with van der Waals surface area (Å²) in [6, 6.07) is 14.5. The van der Waals surface area contributed by atoms with E-state index in [1.165, 1.54) is 30.0 Å². The molecule has 9 nitrogen and oxygen atoms in total. The van der Waals surface area contributed by atoms with Gasteiger partial charge in [-0.25, -0.2) is 0 Å². The van der Waals surface area contributed by atoms with Crippen molar-refractivity contribution in [3.05, 3.63) is 75.4 Å². The number of nitrogens with zero attached hydrogens (tertiary/aromatic N) is 2. The average molecular weight is 465 g/mol. The van der Waals surface area contributed by atoms with Gasteiger partial charge in [0.2, 0.25) is 5.09 Å². The molecule has 0 fully saturated rings. The molecule has 2 aromatic carbocycles. The minimum Gasteiger partial charge on any atom is -0.443 e. The van der Waals surface area contributed by atoms with Crippen molar-refractivity contribution < 1.29 is 17.8 Å². The number of anilines is 1. The molecule has 0 atom stereocenters. The van der Waals surface area contributed by atoms with Crippen molar-refractivity contribution >= 4 is 55.9 Å². The monoisotopic (exact) mass is 464 g/mol. The maximum absolute atomic E-state index is 12.8. The Morgan fingerprint density at radius 3 is 2.73 bits per heavy atom. The number of rotatable bonds is 7. The zero-order valence-electron chi connectivity index (χ0n) is 15.0. The molecule has 12 heteroatoms. The molecule has 30 heavy (non-hydrogen) atoms. The third-order valence-electron chi connectivity index (χ3n) is 4.04. The molecule has 0 saturated carbocycles. The van der Waals surface area contributed by atoms with E-state index in [0.717, 1.165) is 0 Å². The maximum Gasteiger partial charge on any atom is 0.342 e. The SMILES string of the molecule is O=[N+]([O-])c1cc(CSc2ccc(Cl)cc2NS(=O)(=O)c2cc3ccccc3o2)n[nH]1. The summed E-state index contributed by atoms with van der Waals surface area (Å²) < 4.78 is 33.6. The van der Waals surface area contributed by atoms with Crippen LogP contribution in [0.1, 0.15) is 5.69 Å². The van der Waals surface area contributed by atoms with E-state index in [4.69, 9.17) is 16.0 Å². The molecule has 0 aliphatic rings. The number of aromatic nitrogens is 2. The molecule has 0 aliphatic heterocycles.